The number of rotatable bonds is 2. The van der Waals surface area contributed by atoms with E-state index in [9.17, 15) is 4.39 Å². The number of hydrogen-bond donors (Lipinski definition) is 1. The fourth-order valence-electron chi connectivity index (χ4n) is 2.92. The average Bonchev–Trinajstić information content (AvgIpc) is 2.69. The van der Waals surface area contributed by atoms with Crippen LogP contribution in [0, 0.1) is 5.82 Å². The number of fused-ring (bicyclic) bond motifs is 1. The van der Waals surface area contributed by atoms with Crippen LogP contribution in [0.3, 0.4) is 0 Å². The Bertz CT molecular complexity index is 597. The van der Waals surface area contributed by atoms with Gasteiger partial charge in [-0.25, -0.2) is 4.39 Å². The van der Waals surface area contributed by atoms with Crippen LogP contribution in [-0.2, 0) is 6.54 Å². The van der Waals surface area contributed by atoms with Crippen molar-refractivity contribution < 1.29 is 4.39 Å². The lowest BCUT2D eigenvalue weighted by Crippen LogP contribution is -2.25. The van der Waals surface area contributed by atoms with Crippen molar-refractivity contribution in [2.75, 3.05) is 18.5 Å². The molecule has 0 aromatic heterocycles. The smallest absolute Gasteiger partial charge is 0.125 e. The molecule has 1 unspecified atom stereocenters. The molecule has 0 bridgehead atoms. The molecular formula is C17H19FN2. The van der Waals surface area contributed by atoms with Crippen molar-refractivity contribution in [2.24, 2.45) is 0 Å². The maximum absolute atomic E-state index is 13.4. The van der Waals surface area contributed by atoms with Crippen LogP contribution in [0.1, 0.15) is 23.6 Å². The summed E-state index contributed by atoms with van der Waals surface area (Å²) in [5.41, 5.74) is 3.59. The summed E-state index contributed by atoms with van der Waals surface area (Å²) in [6, 6.07) is 15.6. The zero-order valence-corrected chi connectivity index (χ0v) is 11.6. The lowest BCUT2D eigenvalue weighted by atomic mass is 9.98. The second-order valence-electron chi connectivity index (χ2n) is 5.27. The third-order valence-corrected chi connectivity index (χ3v) is 4.01. The molecule has 1 aliphatic heterocycles. The second-order valence-corrected chi connectivity index (χ2v) is 5.27. The molecule has 1 atom stereocenters. The minimum absolute atomic E-state index is 0.186. The Labute approximate surface area is 119 Å². The highest BCUT2D eigenvalue weighted by Gasteiger charge is 2.22. The van der Waals surface area contributed by atoms with Gasteiger partial charge in [0, 0.05) is 19.3 Å². The predicted molar refractivity (Wildman–Crippen MR) is 80.3 cm³/mol. The Morgan fingerprint density at radius 1 is 1.15 bits per heavy atom. The lowest BCUT2D eigenvalue weighted by molar-refractivity contribution is 0.586. The molecule has 0 amide bonds. The molecule has 0 spiro atoms. The van der Waals surface area contributed by atoms with Gasteiger partial charge < -0.3 is 10.2 Å². The summed E-state index contributed by atoms with van der Waals surface area (Å²) in [4.78, 5) is 2.18. The van der Waals surface area contributed by atoms with Gasteiger partial charge in [-0.1, -0.05) is 30.3 Å². The van der Waals surface area contributed by atoms with Crippen molar-refractivity contribution >= 4 is 5.69 Å². The van der Waals surface area contributed by atoms with Crippen LogP contribution in [0.15, 0.2) is 48.5 Å². The molecule has 0 radical (unpaired) electrons. The fourth-order valence-corrected chi connectivity index (χ4v) is 2.92. The Hall–Kier alpha value is -1.87. The second kappa shape index (κ2) is 5.63. The molecule has 0 saturated carbocycles. The van der Waals surface area contributed by atoms with E-state index in [0.29, 0.717) is 0 Å². The van der Waals surface area contributed by atoms with Gasteiger partial charge in [0.15, 0.2) is 0 Å². The van der Waals surface area contributed by atoms with Crippen molar-refractivity contribution in [3.8, 4) is 0 Å². The highest BCUT2D eigenvalue weighted by Crippen LogP contribution is 2.31. The molecular weight excluding hydrogens is 251 g/mol. The molecule has 0 fully saturated rings. The van der Waals surface area contributed by atoms with Gasteiger partial charge >= 0.3 is 0 Å². The first-order valence-corrected chi connectivity index (χ1v) is 7.02. The summed E-state index contributed by atoms with van der Waals surface area (Å²) >= 11 is 0. The van der Waals surface area contributed by atoms with Crippen molar-refractivity contribution in [1.82, 2.24) is 5.32 Å². The number of hydrogen-bond acceptors (Lipinski definition) is 2. The van der Waals surface area contributed by atoms with Crippen molar-refractivity contribution in [1.29, 1.82) is 0 Å². The third kappa shape index (κ3) is 2.54. The number of anilines is 1. The van der Waals surface area contributed by atoms with E-state index in [-0.39, 0.29) is 11.9 Å². The average molecular weight is 270 g/mol. The zero-order chi connectivity index (χ0) is 13.9. The van der Waals surface area contributed by atoms with Crippen LogP contribution in [-0.4, -0.2) is 13.6 Å². The molecule has 20 heavy (non-hydrogen) atoms. The Kier molecular flexibility index (Phi) is 3.70. The summed E-state index contributed by atoms with van der Waals surface area (Å²) in [6.45, 7) is 1.88. The number of halogens is 1. The van der Waals surface area contributed by atoms with Gasteiger partial charge in [0.25, 0.3) is 0 Å². The first kappa shape index (κ1) is 13.1. The third-order valence-electron chi connectivity index (χ3n) is 4.01. The number of nitrogens with one attached hydrogen (secondary N) is 1. The minimum Gasteiger partial charge on any atom is -0.367 e. The quantitative estimate of drug-likeness (QED) is 0.898. The summed E-state index contributed by atoms with van der Waals surface area (Å²) < 4.78 is 13.4. The molecule has 0 saturated heterocycles. The number of nitrogens with zero attached hydrogens (tertiary/aromatic N) is 1. The summed E-state index contributed by atoms with van der Waals surface area (Å²) in [5.74, 6) is -0.186. The highest BCUT2D eigenvalue weighted by molar-refractivity contribution is 5.49. The lowest BCUT2D eigenvalue weighted by Gasteiger charge is -2.30. The van der Waals surface area contributed by atoms with Gasteiger partial charge in [-0.05, 0) is 42.3 Å². The molecule has 104 valence electrons. The molecule has 2 aromatic carbocycles. The highest BCUT2D eigenvalue weighted by atomic mass is 19.1. The van der Waals surface area contributed by atoms with E-state index in [1.54, 1.807) is 12.1 Å². The monoisotopic (exact) mass is 270 g/mol. The van der Waals surface area contributed by atoms with Crippen LogP contribution < -0.4 is 10.2 Å². The Morgan fingerprint density at radius 2 is 2.00 bits per heavy atom. The van der Waals surface area contributed by atoms with E-state index in [0.717, 1.165) is 25.2 Å². The topological polar surface area (TPSA) is 15.3 Å². The van der Waals surface area contributed by atoms with Gasteiger partial charge in [0.2, 0.25) is 0 Å². The zero-order valence-electron chi connectivity index (χ0n) is 11.6. The van der Waals surface area contributed by atoms with Gasteiger partial charge in [0.05, 0.1) is 6.04 Å². The molecule has 1 heterocycles. The van der Waals surface area contributed by atoms with Gasteiger partial charge in [-0.3, -0.25) is 0 Å². The molecule has 2 aromatic rings. The van der Waals surface area contributed by atoms with E-state index in [1.165, 1.54) is 17.2 Å². The summed E-state index contributed by atoms with van der Waals surface area (Å²) in [7, 11) is 2.04. The maximum atomic E-state index is 13.4. The van der Waals surface area contributed by atoms with Gasteiger partial charge in [-0.15, -0.1) is 0 Å². The first-order valence-electron chi connectivity index (χ1n) is 7.02. The molecule has 1 aliphatic rings. The van der Waals surface area contributed by atoms with Crippen molar-refractivity contribution in [3.05, 3.63) is 65.5 Å². The van der Waals surface area contributed by atoms with Crippen molar-refractivity contribution in [3.63, 3.8) is 0 Å². The maximum Gasteiger partial charge on any atom is 0.125 e. The van der Waals surface area contributed by atoms with E-state index in [2.05, 4.69) is 34.5 Å². The molecule has 0 aliphatic carbocycles. The molecule has 3 heteroatoms. The standard InChI is InChI=1S/C17H19FN2/c1-20(15-7-4-6-14(18)11-15)17-9-10-19-12-13-5-2-3-8-16(13)17/h2-8,11,17,19H,9-10,12H2,1H3. The van der Waals surface area contributed by atoms with Crippen molar-refractivity contribution in [2.45, 2.75) is 19.0 Å². The largest absolute Gasteiger partial charge is 0.367 e. The predicted octanol–water partition coefficient (Wildman–Crippen LogP) is 3.50. The normalized spacial score (nSPS) is 18.2. The van der Waals surface area contributed by atoms with Gasteiger partial charge in [0.1, 0.15) is 5.82 Å². The van der Waals surface area contributed by atoms with E-state index < -0.39 is 0 Å². The van der Waals surface area contributed by atoms with Crippen LogP contribution in [0.2, 0.25) is 0 Å². The van der Waals surface area contributed by atoms with E-state index in [1.807, 2.05) is 13.1 Å². The minimum atomic E-state index is -0.186. The Morgan fingerprint density at radius 3 is 2.85 bits per heavy atom. The summed E-state index contributed by atoms with van der Waals surface area (Å²) in [6.07, 6.45) is 1.02. The molecule has 2 nitrogen and oxygen atoms in total. The molecule has 3 rings (SSSR count). The molecule has 1 N–H and O–H groups in total. The van der Waals surface area contributed by atoms with Gasteiger partial charge in [-0.2, -0.15) is 0 Å². The van der Waals surface area contributed by atoms with Crippen LogP contribution in [0.25, 0.3) is 0 Å². The van der Waals surface area contributed by atoms with E-state index >= 15 is 0 Å². The van der Waals surface area contributed by atoms with Crippen LogP contribution in [0.5, 0.6) is 0 Å². The fraction of sp³-hybridized carbons (Fsp3) is 0.294. The SMILES string of the molecule is CN(c1cccc(F)c1)C1CCNCc2ccccc21. The Balaban J connectivity index is 1.97. The first-order chi connectivity index (χ1) is 9.75. The van der Waals surface area contributed by atoms with E-state index in [4.69, 9.17) is 0 Å². The van der Waals surface area contributed by atoms with Crippen LogP contribution in [0.4, 0.5) is 10.1 Å². The van der Waals surface area contributed by atoms with Crippen LogP contribution >= 0.6 is 0 Å². The number of benzene rings is 2. The summed E-state index contributed by atoms with van der Waals surface area (Å²) in [5, 5.41) is 3.45.